The van der Waals surface area contributed by atoms with Crippen molar-refractivity contribution in [2.45, 2.75) is 41.5 Å². The van der Waals surface area contributed by atoms with Gasteiger partial charge in [-0.15, -0.1) is 11.1 Å². The normalized spacial score (nSPS) is 10.1. The Bertz CT molecular complexity index is 3190. The first-order valence-corrected chi connectivity index (χ1v) is 35.1. The molecule has 0 heterocycles. The van der Waals surface area contributed by atoms with Crippen molar-refractivity contribution < 1.29 is 33.0 Å². The van der Waals surface area contributed by atoms with Crippen LogP contribution in [0, 0.1) is 54.7 Å². The van der Waals surface area contributed by atoms with E-state index in [-0.39, 0.29) is 33.0 Å². The molecule has 9 heteroatoms. The summed E-state index contributed by atoms with van der Waals surface area (Å²) in [6.07, 6.45) is 0. The molecule has 0 bridgehead atoms. The minimum Gasteiger partial charge on any atom is -0.459 e. The van der Waals surface area contributed by atoms with E-state index >= 15 is 0 Å². The smallest absolute Gasteiger partial charge is 0.459 e. The molecule has 0 spiro atoms. The third kappa shape index (κ3) is 21.0. The molecule has 434 valence electrons. The van der Waals surface area contributed by atoms with Gasteiger partial charge in [0.1, 0.15) is 74.1 Å². The van der Waals surface area contributed by atoms with Crippen LogP contribution in [0.2, 0.25) is 0 Å². The maximum Gasteiger partial charge on any atom is 2.00 e. The molecule has 0 aromatic heterocycles. The molecule has 0 saturated carbocycles. The van der Waals surface area contributed by atoms with Gasteiger partial charge in [-0.2, -0.15) is 6.72 Å². The topological polar surface area (TPSA) is 21.1 Å². The SMILES string of the molecule is [C-]#[N+]c1c(C)cccc1C.[C-]#[N+]c1c(C)cccc1C.[CH-]=Nc1c(C)cccc1C.[Ni+2].[Ni].c1ccc([PH+](C[PH+](c2ccccc2)c2ccccc2)c2ccccc2)cc1.c1ccc([PH+](C[PH+](c2ccccc2)c2ccccc2)c2ccccc2)cc1. The average molecular weight is 1280 g/mol. The molecule has 0 aliphatic heterocycles. The van der Waals surface area contributed by atoms with Crippen molar-refractivity contribution in [2.24, 2.45) is 4.99 Å². The fraction of sp³-hybridized carbons (Fsp3) is 0.104. The maximum atomic E-state index is 6.85. The van der Waals surface area contributed by atoms with Gasteiger partial charge in [0.2, 0.25) is 0 Å². The zero-order chi connectivity index (χ0) is 59.3. The quantitative estimate of drug-likeness (QED) is 0.0475. The van der Waals surface area contributed by atoms with Crippen molar-refractivity contribution in [2.75, 3.05) is 11.8 Å². The average Bonchev–Trinajstić information content (AvgIpc) is 2.90. The molecule has 11 aromatic carbocycles. The van der Waals surface area contributed by atoms with Gasteiger partial charge >= 0.3 is 16.5 Å². The van der Waals surface area contributed by atoms with E-state index in [1.54, 1.807) is 0 Å². The molecular weight excluding hydrogens is 1210 g/mol. The van der Waals surface area contributed by atoms with Gasteiger partial charge in [-0.05, 0) is 147 Å². The molecule has 0 fully saturated rings. The van der Waals surface area contributed by atoms with E-state index in [4.69, 9.17) is 19.9 Å². The van der Waals surface area contributed by atoms with Crippen LogP contribution in [0.1, 0.15) is 33.4 Å². The van der Waals surface area contributed by atoms with Gasteiger partial charge in [-0.25, -0.2) is 9.69 Å². The van der Waals surface area contributed by atoms with Gasteiger partial charge in [-0.1, -0.05) is 220 Å². The molecule has 0 unspecified atom stereocenters. The van der Waals surface area contributed by atoms with Crippen LogP contribution in [0.5, 0.6) is 0 Å². The van der Waals surface area contributed by atoms with Gasteiger partial charge < -0.3 is 4.99 Å². The summed E-state index contributed by atoms with van der Waals surface area (Å²) in [7, 11) is -3.39. The Morgan fingerprint density at radius 2 is 0.442 bits per heavy atom. The molecule has 0 N–H and O–H groups in total. The summed E-state index contributed by atoms with van der Waals surface area (Å²) in [5.74, 6) is 2.49. The first kappa shape index (κ1) is 69.5. The summed E-state index contributed by atoms with van der Waals surface area (Å²) in [4.78, 5) is 10.5. The first-order valence-electron chi connectivity index (χ1n) is 28.3. The number of hydrogen-bond donors (Lipinski definition) is 0. The van der Waals surface area contributed by atoms with Gasteiger partial charge in [0.05, 0.1) is 13.1 Å². The van der Waals surface area contributed by atoms with E-state index < -0.39 is 31.7 Å². The largest absolute Gasteiger partial charge is 2.00 e. The number of rotatable bonds is 13. The van der Waals surface area contributed by atoms with Crippen molar-refractivity contribution in [3.63, 3.8) is 0 Å². The fourth-order valence-corrected chi connectivity index (χ4v) is 25.4. The van der Waals surface area contributed by atoms with E-state index in [9.17, 15) is 0 Å². The van der Waals surface area contributed by atoms with E-state index in [1.165, 1.54) is 54.2 Å². The predicted octanol–water partition coefficient (Wildman–Crippen LogP) is 17.6. The summed E-state index contributed by atoms with van der Waals surface area (Å²) in [5.41, 5.74) is 9.01. The van der Waals surface area contributed by atoms with Crippen LogP contribution in [-0.4, -0.2) is 18.5 Å². The zero-order valence-corrected chi connectivity index (χ0v) is 55.7. The van der Waals surface area contributed by atoms with E-state index in [0.29, 0.717) is 0 Å². The molecule has 0 saturated heterocycles. The molecule has 0 amide bonds. The summed E-state index contributed by atoms with van der Waals surface area (Å²) < 4.78 is 0. The Balaban J connectivity index is 0.000000212. The van der Waals surface area contributed by atoms with Gasteiger partial charge in [-0.3, -0.25) is 0 Å². The second-order valence-corrected chi connectivity index (χ2v) is 31.5. The minimum absolute atomic E-state index is 0. The molecule has 0 radical (unpaired) electrons. The van der Waals surface area contributed by atoms with Crippen molar-refractivity contribution in [1.29, 1.82) is 0 Å². The monoisotopic (exact) mass is 1280 g/mol. The predicted molar refractivity (Wildman–Crippen MR) is 380 cm³/mol. The number of nitrogens with zero attached hydrogens (tertiary/aromatic N) is 3. The van der Waals surface area contributed by atoms with Crippen molar-refractivity contribution in [1.82, 2.24) is 0 Å². The van der Waals surface area contributed by atoms with Crippen molar-refractivity contribution >= 4 is 97.9 Å². The molecule has 0 aliphatic carbocycles. The van der Waals surface area contributed by atoms with Crippen LogP contribution in [0.4, 0.5) is 17.1 Å². The summed E-state index contributed by atoms with van der Waals surface area (Å²) in [5, 5.41) is 12.0. The van der Waals surface area contributed by atoms with Crippen LogP contribution >= 0.6 is 31.7 Å². The van der Waals surface area contributed by atoms with E-state index in [1.807, 2.05) is 96.1 Å². The zero-order valence-electron chi connectivity index (χ0n) is 49.8. The maximum absolute atomic E-state index is 6.85. The van der Waals surface area contributed by atoms with Gasteiger partial charge in [0.15, 0.2) is 23.2 Å². The van der Waals surface area contributed by atoms with E-state index in [2.05, 4.69) is 257 Å². The minimum atomic E-state index is -0.847. The molecule has 86 heavy (non-hydrogen) atoms. The Hall–Kier alpha value is -7.22. The molecule has 0 atom stereocenters. The Morgan fingerprint density at radius 1 is 0.279 bits per heavy atom. The van der Waals surface area contributed by atoms with Crippen LogP contribution < -0.4 is 42.4 Å². The summed E-state index contributed by atoms with van der Waals surface area (Å²) in [6.45, 7) is 30.7. The number of aryl methyl sites for hydroxylation is 6. The molecular formula is C77H76N3Ni2P4+5. The summed E-state index contributed by atoms with van der Waals surface area (Å²) >= 11 is 0. The van der Waals surface area contributed by atoms with Crippen LogP contribution in [0.3, 0.4) is 0 Å². The standard InChI is InChI=1S/2C25H22P2.C9H10N.2C9H9N.2Ni/c2*1-5-13-22(14-6-1)26(23-15-7-2-8-16-23)21-27(24-17-9-3-10-18-24)25-19-11-4-12-20-25;3*1-7-5-4-6-8(2)9(7)10-3;;/h2*1-20H,21H2;3-6H,1-2H3;2*4-6H,1-2H3;;/q;;-1;;;;+2/p+4. The number of benzene rings is 11. The molecule has 0 aliphatic rings. The molecule has 3 nitrogen and oxygen atoms in total. The fourth-order valence-electron chi connectivity index (χ4n) is 9.92. The van der Waals surface area contributed by atoms with Gasteiger partial charge in [0.25, 0.3) is 0 Å². The van der Waals surface area contributed by atoms with Crippen LogP contribution in [0.15, 0.2) is 302 Å². The second kappa shape index (κ2) is 38.0. The summed E-state index contributed by atoms with van der Waals surface area (Å²) in [6, 6.07) is 107. The Kier molecular flexibility index (Phi) is 30.8. The third-order valence-corrected chi connectivity index (χ3v) is 28.3. The molecule has 11 aromatic rings. The molecule has 11 rings (SSSR count). The van der Waals surface area contributed by atoms with Crippen LogP contribution in [0.25, 0.3) is 9.69 Å². The van der Waals surface area contributed by atoms with Gasteiger partial charge in [0, 0.05) is 16.5 Å². The van der Waals surface area contributed by atoms with Crippen molar-refractivity contribution in [3.8, 4) is 0 Å². The Morgan fingerprint density at radius 3 is 0.570 bits per heavy atom. The van der Waals surface area contributed by atoms with Crippen molar-refractivity contribution in [3.05, 3.63) is 353 Å². The van der Waals surface area contributed by atoms with Crippen LogP contribution in [-0.2, 0) is 33.0 Å². The van der Waals surface area contributed by atoms with E-state index in [0.717, 1.165) is 50.4 Å². The second-order valence-electron chi connectivity index (χ2n) is 20.3. The third-order valence-electron chi connectivity index (χ3n) is 14.4. The number of para-hydroxylation sites is 3. The number of aliphatic imine (C=N–C) groups is 1. The number of hydrogen-bond acceptors (Lipinski definition) is 1. The first-order chi connectivity index (χ1) is 41.1. The Labute approximate surface area is 538 Å².